The molecule has 1 unspecified atom stereocenters. The monoisotopic (exact) mass is 308 g/mol. The van der Waals surface area contributed by atoms with Gasteiger partial charge in [-0.05, 0) is 56.2 Å². The predicted octanol–water partition coefficient (Wildman–Crippen LogP) is 3.27. The Morgan fingerprint density at radius 2 is 1.95 bits per heavy atom. The van der Waals surface area contributed by atoms with Crippen molar-refractivity contribution >= 4 is 23.2 Å². The van der Waals surface area contributed by atoms with Gasteiger partial charge in [0.05, 0.1) is 6.61 Å². The quantitative estimate of drug-likeness (QED) is 0.599. The van der Waals surface area contributed by atoms with Crippen molar-refractivity contribution in [3.63, 3.8) is 0 Å². The molecule has 0 aliphatic rings. The summed E-state index contributed by atoms with van der Waals surface area (Å²) in [4.78, 5) is 12.0. The lowest BCUT2D eigenvalue weighted by Crippen LogP contribution is -2.43. The molecule has 0 saturated carbocycles. The standard InChI is InChI=1S/C16H24N2O2S/c1-4-6-11-20-14-9-7-13(8-10-14)15(19)18-16(21)17-12(3)5-2/h7-10,12H,4-6,11H2,1-3H3,(H2,17,18,19,21). The van der Waals surface area contributed by atoms with Crippen LogP contribution in [-0.4, -0.2) is 23.7 Å². The maximum absolute atomic E-state index is 12.0. The summed E-state index contributed by atoms with van der Waals surface area (Å²) in [6.07, 6.45) is 3.07. The third kappa shape index (κ3) is 6.58. The van der Waals surface area contributed by atoms with Crippen molar-refractivity contribution in [3.8, 4) is 5.75 Å². The molecule has 0 saturated heterocycles. The summed E-state index contributed by atoms with van der Waals surface area (Å²) in [7, 11) is 0. The molecular formula is C16H24N2O2S. The number of thiocarbonyl (C=S) groups is 1. The Hall–Kier alpha value is -1.62. The molecule has 0 bridgehead atoms. The number of carbonyl (C=O) groups excluding carboxylic acids is 1. The first-order chi connectivity index (χ1) is 10.1. The van der Waals surface area contributed by atoms with Gasteiger partial charge >= 0.3 is 0 Å². The van der Waals surface area contributed by atoms with E-state index in [1.165, 1.54) is 0 Å². The first-order valence-corrected chi connectivity index (χ1v) is 7.82. The van der Waals surface area contributed by atoms with E-state index in [0.29, 0.717) is 17.3 Å². The van der Waals surface area contributed by atoms with Crippen LogP contribution in [0.2, 0.25) is 0 Å². The maximum Gasteiger partial charge on any atom is 0.257 e. The van der Waals surface area contributed by atoms with Crippen molar-refractivity contribution in [2.24, 2.45) is 0 Å². The number of amides is 1. The highest BCUT2D eigenvalue weighted by molar-refractivity contribution is 7.80. The lowest BCUT2D eigenvalue weighted by molar-refractivity contribution is 0.0976. The van der Waals surface area contributed by atoms with E-state index in [0.717, 1.165) is 25.0 Å². The summed E-state index contributed by atoms with van der Waals surface area (Å²) >= 11 is 5.10. The van der Waals surface area contributed by atoms with E-state index in [2.05, 4.69) is 24.5 Å². The Morgan fingerprint density at radius 3 is 2.52 bits per heavy atom. The molecule has 0 fully saturated rings. The first-order valence-electron chi connectivity index (χ1n) is 7.41. The SMILES string of the molecule is CCCCOc1ccc(C(=O)NC(=S)NC(C)CC)cc1. The Labute approximate surface area is 132 Å². The van der Waals surface area contributed by atoms with E-state index >= 15 is 0 Å². The van der Waals surface area contributed by atoms with Crippen LogP contribution in [0.4, 0.5) is 0 Å². The number of unbranched alkanes of at least 4 members (excludes halogenated alkanes) is 1. The molecule has 1 atom stereocenters. The zero-order valence-electron chi connectivity index (χ0n) is 12.9. The van der Waals surface area contributed by atoms with Crippen molar-refractivity contribution in [2.75, 3.05) is 6.61 Å². The number of benzene rings is 1. The molecule has 21 heavy (non-hydrogen) atoms. The maximum atomic E-state index is 12.0. The fourth-order valence-corrected chi connectivity index (χ4v) is 1.87. The highest BCUT2D eigenvalue weighted by Gasteiger charge is 2.09. The molecule has 0 aliphatic carbocycles. The van der Waals surface area contributed by atoms with Crippen molar-refractivity contribution in [2.45, 2.75) is 46.1 Å². The average molecular weight is 308 g/mol. The molecule has 4 nitrogen and oxygen atoms in total. The molecule has 0 aliphatic heterocycles. The number of nitrogens with one attached hydrogen (secondary N) is 2. The van der Waals surface area contributed by atoms with Crippen LogP contribution in [0, 0.1) is 0 Å². The van der Waals surface area contributed by atoms with Crippen molar-refractivity contribution < 1.29 is 9.53 Å². The van der Waals surface area contributed by atoms with Crippen molar-refractivity contribution in [1.29, 1.82) is 0 Å². The molecule has 0 spiro atoms. The molecule has 0 radical (unpaired) electrons. The third-order valence-electron chi connectivity index (χ3n) is 3.10. The molecule has 1 rings (SSSR count). The zero-order chi connectivity index (χ0) is 15.7. The van der Waals surface area contributed by atoms with Crippen molar-refractivity contribution in [1.82, 2.24) is 10.6 Å². The molecule has 2 N–H and O–H groups in total. The summed E-state index contributed by atoms with van der Waals surface area (Å²) in [5, 5.41) is 6.08. The van der Waals surface area contributed by atoms with Crippen LogP contribution in [0.1, 0.15) is 50.4 Å². The summed E-state index contributed by atoms with van der Waals surface area (Å²) in [6, 6.07) is 7.32. The largest absolute Gasteiger partial charge is 0.494 e. The number of carbonyl (C=O) groups is 1. The number of ether oxygens (including phenoxy) is 1. The van der Waals surface area contributed by atoms with E-state index in [1.54, 1.807) is 24.3 Å². The van der Waals surface area contributed by atoms with Gasteiger partial charge in [-0.3, -0.25) is 10.1 Å². The van der Waals surface area contributed by atoms with Gasteiger partial charge in [0.2, 0.25) is 0 Å². The smallest absolute Gasteiger partial charge is 0.257 e. The summed E-state index contributed by atoms with van der Waals surface area (Å²) in [5.41, 5.74) is 0.561. The van der Waals surface area contributed by atoms with Crippen LogP contribution in [0.25, 0.3) is 0 Å². The van der Waals surface area contributed by atoms with Crippen LogP contribution in [0.5, 0.6) is 5.75 Å². The molecule has 1 aromatic carbocycles. The third-order valence-corrected chi connectivity index (χ3v) is 3.32. The number of hydrogen-bond acceptors (Lipinski definition) is 3. The van der Waals surface area contributed by atoms with Crippen LogP contribution in [-0.2, 0) is 0 Å². The highest BCUT2D eigenvalue weighted by Crippen LogP contribution is 2.12. The minimum atomic E-state index is -0.212. The Balaban J connectivity index is 2.49. The molecule has 1 aromatic rings. The molecular weight excluding hydrogens is 284 g/mol. The first kappa shape index (κ1) is 17.4. The second-order valence-corrected chi connectivity index (χ2v) is 5.37. The van der Waals surface area contributed by atoms with Gasteiger partial charge in [0.25, 0.3) is 5.91 Å². The van der Waals surface area contributed by atoms with Crippen molar-refractivity contribution in [3.05, 3.63) is 29.8 Å². The Morgan fingerprint density at radius 1 is 1.29 bits per heavy atom. The highest BCUT2D eigenvalue weighted by atomic mass is 32.1. The normalized spacial score (nSPS) is 11.6. The van der Waals surface area contributed by atoms with E-state index < -0.39 is 0 Å². The minimum absolute atomic E-state index is 0.212. The second-order valence-electron chi connectivity index (χ2n) is 4.96. The van der Waals surface area contributed by atoms with Gasteiger partial charge in [0.15, 0.2) is 5.11 Å². The molecule has 1 amide bonds. The summed E-state index contributed by atoms with van der Waals surface area (Å²) in [5.74, 6) is 0.566. The van der Waals surface area contributed by atoms with Gasteiger partial charge in [-0.2, -0.15) is 0 Å². The number of hydrogen-bond donors (Lipinski definition) is 2. The van der Waals surface area contributed by atoms with Crippen LogP contribution >= 0.6 is 12.2 Å². The second kappa shape index (κ2) is 9.34. The summed E-state index contributed by atoms with van der Waals surface area (Å²) < 4.78 is 5.56. The van der Waals surface area contributed by atoms with Gasteiger partial charge in [0, 0.05) is 11.6 Å². The summed E-state index contributed by atoms with van der Waals surface area (Å²) in [6.45, 7) is 6.89. The molecule has 116 valence electrons. The zero-order valence-corrected chi connectivity index (χ0v) is 13.8. The van der Waals surface area contributed by atoms with E-state index in [-0.39, 0.29) is 11.9 Å². The van der Waals surface area contributed by atoms with E-state index in [4.69, 9.17) is 17.0 Å². The van der Waals surface area contributed by atoms with Gasteiger partial charge < -0.3 is 10.1 Å². The topological polar surface area (TPSA) is 50.4 Å². The van der Waals surface area contributed by atoms with Gasteiger partial charge in [-0.25, -0.2) is 0 Å². The minimum Gasteiger partial charge on any atom is -0.494 e. The fourth-order valence-electron chi connectivity index (χ4n) is 1.57. The molecule has 5 heteroatoms. The predicted molar refractivity (Wildman–Crippen MR) is 89.8 cm³/mol. The Kier molecular flexibility index (Phi) is 7.75. The molecule has 0 aromatic heterocycles. The van der Waals surface area contributed by atoms with Gasteiger partial charge in [-0.1, -0.05) is 20.3 Å². The van der Waals surface area contributed by atoms with Crippen LogP contribution in [0.15, 0.2) is 24.3 Å². The lowest BCUT2D eigenvalue weighted by Gasteiger charge is -2.14. The van der Waals surface area contributed by atoms with Gasteiger partial charge in [-0.15, -0.1) is 0 Å². The lowest BCUT2D eigenvalue weighted by atomic mass is 10.2. The fraction of sp³-hybridized carbons (Fsp3) is 0.500. The van der Waals surface area contributed by atoms with Gasteiger partial charge in [0.1, 0.15) is 5.75 Å². The average Bonchev–Trinajstić information content (AvgIpc) is 2.47. The Bertz CT molecular complexity index is 460. The van der Waals surface area contributed by atoms with E-state index in [9.17, 15) is 4.79 Å². The molecule has 0 heterocycles. The van der Waals surface area contributed by atoms with Crippen LogP contribution < -0.4 is 15.4 Å². The number of rotatable bonds is 7. The van der Waals surface area contributed by atoms with E-state index in [1.807, 2.05) is 6.92 Å². The van der Waals surface area contributed by atoms with Crippen LogP contribution in [0.3, 0.4) is 0 Å².